The number of alkyl halides is 3. The predicted molar refractivity (Wildman–Crippen MR) is 118 cm³/mol. The highest BCUT2D eigenvalue weighted by Gasteiger charge is 2.36. The van der Waals surface area contributed by atoms with Gasteiger partial charge in [0, 0.05) is 17.3 Å². The first-order valence-electron chi connectivity index (χ1n) is 9.86. The Morgan fingerprint density at radius 1 is 1.06 bits per heavy atom. The number of likely N-dealkylation sites (tertiary alicyclic amines) is 1. The molecule has 3 aromatic rings. The maximum atomic E-state index is 13.2. The number of nitrogens with zero attached hydrogens (tertiary/aromatic N) is 3. The van der Waals surface area contributed by atoms with Gasteiger partial charge in [-0.15, -0.1) is 10.2 Å². The Labute approximate surface area is 195 Å². The fraction of sp³-hybridized carbons (Fsp3) is 0.238. The number of urea groups is 1. The van der Waals surface area contributed by atoms with Crippen molar-refractivity contribution in [2.24, 2.45) is 0 Å². The smallest absolute Gasteiger partial charge is 0.320 e. The van der Waals surface area contributed by atoms with Crippen LogP contribution in [0.25, 0.3) is 0 Å². The Morgan fingerprint density at radius 2 is 1.79 bits per heavy atom. The lowest BCUT2D eigenvalue weighted by Crippen LogP contribution is -2.35. The maximum Gasteiger partial charge on any atom is 0.418 e. The van der Waals surface area contributed by atoms with Gasteiger partial charge in [0.1, 0.15) is 5.01 Å². The van der Waals surface area contributed by atoms with E-state index >= 15 is 0 Å². The van der Waals surface area contributed by atoms with Crippen LogP contribution >= 0.6 is 22.9 Å². The average Bonchev–Trinajstić information content (AvgIpc) is 3.44. The van der Waals surface area contributed by atoms with E-state index in [4.69, 9.17) is 11.6 Å². The monoisotopic (exact) mass is 495 g/mol. The first-order valence-corrected chi connectivity index (χ1v) is 11.1. The summed E-state index contributed by atoms with van der Waals surface area (Å²) in [4.78, 5) is 26.7. The van der Waals surface area contributed by atoms with Gasteiger partial charge in [-0.05, 0) is 49.2 Å². The minimum Gasteiger partial charge on any atom is -0.320 e. The molecule has 1 fully saturated rings. The SMILES string of the molecule is O=C(Nc1ccc(Cl)cc1)c1nnc([C@@H]2CCCN2C(=O)Nc2ccccc2C(F)(F)F)s1. The zero-order chi connectivity index (χ0) is 23.6. The normalized spacial score (nSPS) is 16.0. The van der Waals surface area contributed by atoms with Gasteiger partial charge in [-0.2, -0.15) is 13.2 Å². The summed E-state index contributed by atoms with van der Waals surface area (Å²) in [5, 5.41) is 14.1. The van der Waals surface area contributed by atoms with Crippen LogP contribution in [0.2, 0.25) is 5.02 Å². The fourth-order valence-corrected chi connectivity index (χ4v) is 4.48. The molecule has 2 N–H and O–H groups in total. The van der Waals surface area contributed by atoms with E-state index in [0.717, 1.165) is 17.4 Å². The van der Waals surface area contributed by atoms with Gasteiger partial charge in [0.2, 0.25) is 5.01 Å². The summed E-state index contributed by atoms with van der Waals surface area (Å²) in [6, 6.07) is 10.2. The van der Waals surface area contributed by atoms with Crippen molar-refractivity contribution >= 4 is 46.3 Å². The molecule has 33 heavy (non-hydrogen) atoms. The number of para-hydroxylation sites is 1. The molecule has 1 aromatic heterocycles. The number of halogens is 4. The summed E-state index contributed by atoms with van der Waals surface area (Å²) in [7, 11) is 0. The van der Waals surface area contributed by atoms with Gasteiger partial charge in [-0.25, -0.2) is 4.79 Å². The molecule has 7 nitrogen and oxygen atoms in total. The maximum absolute atomic E-state index is 13.2. The van der Waals surface area contributed by atoms with Crippen molar-refractivity contribution in [3.63, 3.8) is 0 Å². The number of hydrogen-bond acceptors (Lipinski definition) is 5. The number of amides is 3. The van der Waals surface area contributed by atoms with E-state index in [1.165, 1.54) is 23.1 Å². The molecular weight excluding hydrogens is 479 g/mol. The molecule has 1 saturated heterocycles. The first-order chi connectivity index (χ1) is 15.7. The summed E-state index contributed by atoms with van der Waals surface area (Å²) >= 11 is 6.87. The highest BCUT2D eigenvalue weighted by molar-refractivity contribution is 7.13. The van der Waals surface area contributed by atoms with Crippen molar-refractivity contribution in [2.75, 3.05) is 17.2 Å². The third-order valence-corrected chi connectivity index (χ3v) is 6.28. The molecular formula is C21H17ClF3N5O2S. The summed E-state index contributed by atoms with van der Waals surface area (Å²) < 4.78 is 39.7. The molecule has 1 atom stereocenters. The molecule has 2 aromatic carbocycles. The Hall–Kier alpha value is -3.18. The number of hydrogen-bond donors (Lipinski definition) is 2. The zero-order valence-electron chi connectivity index (χ0n) is 16.9. The lowest BCUT2D eigenvalue weighted by molar-refractivity contribution is -0.136. The highest BCUT2D eigenvalue weighted by atomic mass is 35.5. The van der Waals surface area contributed by atoms with Crippen LogP contribution in [0.3, 0.4) is 0 Å². The molecule has 4 rings (SSSR count). The lowest BCUT2D eigenvalue weighted by atomic mass is 10.1. The number of aromatic nitrogens is 2. The van der Waals surface area contributed by atoms with Crippen LogP contribution in [-0.4, -0.2) is 33.6 Å². The summed E-state index contributed by atoms with van der Waals surface area (Å²) in [5.41, 5.74) is -0.710. The molecule has 0 saturated carbocycles. The van der Waals surface area contributed by atoms with Crippen LogP contribution < -0.4 is 10.6 Å². The number of nitrogens with one attached hydrogen (secondary N) is 2. The number of anilines is 2. The Morgan fingerprint density at radius 3 is 2.52 bits per heavy atom. The topological polar surface area (TPSA) is 87.2 Å². The highest BCUT2D eigenvalue weighted by Crippen LogP contribution is 2.37. The molecule has 1 aliphatic rings. The van der Waals surface area contributed by atoms with Gasteiger partial charge >= 0.3 is 12.2 Å². The Kier molecular flexibility index (Phi) is 6.52. The van der Waals surface area contributed by atoms with Gasteiger partial charge in [0.05, 0.1) is 17.3 Å². The number of carbonyl (C=O) groups is 2. The van der Waals surface area contributed by atoms with Crippen molar-refractivity contribution < 1.29 is 22.8 Å². The second kappa shape index (κ2) is 9.36. The van der Waals surface area contributed by atoms with Crippen molar-refractivity contribution in [3.05, 3.63) is 69.1 Å². The molecule has 12 heteroatoms. The van der Waals surface area contributed by atoms with Crippen LogP contribution in [0.1, 0.15) is 39.3 Å². The predicted octanol–water partition coefficient (Wildman–Crippen LogP) is 5.83. The van der Waals surface area contributed by atoms with E-state index in [-0.39, 0.29) is 10.7 Å². The third kappa shape index (κ3) is 5.25. The van der Waals surface area contributed by atoms with Crippen molar-refractivity contribution in [1.82, 2.24) is 15.1 Å². The molecule has 0 radical (unpaired) electrons. The fourth-order valence-electron chi connectivity index (χ4n) is 3.47. The molecule has 0 unspecified atom stereocenters. The van der Waals surface area contributed by atoms with Gasteiger partial charge in [0.15, 0.2) is 0 Å². The van der Waals surface area contributed by atoms with E-state index in [1.807, 2.05) is 0 Å². The van der Waals surface area contributed by atoms with E-state index in [9.17, 15) is 22.8 Å². The van der Waals surface area contributed by atoms with Crippen LogP contribution in [0.5, 0.6) is 0 Å². The third-order valence-electron chi connectivity index (χ3n) is 5.01. The zero-order valence-corrected chi connectivity index (χ0v) is 18.5. The lowest BCUT2D eigenvalue weighted by Gasteiger charge is -2.24. The van der Waals surface area contributed by atoms with E-state index in [1.54, 1.807) is 24.3 Å². The Bertz CT molecular complexity index is 1170. The summed E-state index contributed by atoms with van der Waals surface area (Å²) in [6.07, 6.45) is -3.40. The molecule has 1 aliphatic heterocycles. The van der Waals surface area contributed by atoms with Crippen molar-refractivity contribution in [3.8, 4) is 0 Å². The van der Waals surface area contributed by atoms with Gasteiger partial charge < -0.3 is 15.5 Å². The minimum atomic E-state index is -4.60. The number of benzene rings is 2. The molecule has 3 amide bonds. The van der Waals surface area contributed by atoms with E-state index < -0.39 is 29.7 Å². The largest absolute Gasteiger partial charge is 0.418 e. The molecule has 0 spiro atoms. The first kappa shape index (κ1) is 23.0. The van der Waals surface area contributed by atoms with Crippen molar-refractivity contribution in [2.45, 2.75) is 25.1 Å². The van der Waals surface area contributed by atoms with Crippen molar-refractivity contribution in [1.29, 1.82) is 0 Å². The average molecular weight is 496 g/mol. The second-order valence-corrected chi connectivity index (χ2v) is 8.68. The molecule has 0 aliphatic carbocycles. The van der Waals surface area contributed by atoms with Gasteiger partial charge in [-0.1, -0.05) is 35.1 Å². The van der Waals surface area contributed by atoms with E-state index in [2.05, 4.69) is 20.8 Å². The van der Waals surface area contributed by atoms with Crippen LogP contribution in [-0.2, 0) is 6.18 Å². The van der Waals surface area contributed by atoms with E-state index in [0.29, 0.717) is 35.1 Å². The summed E-state index contributed by atoms with van der Waals surface area (Å²) in [5.74, 6) is -0.464. The minimum absolute atomic E-state index is 0.106. The molecule has 0 bridgehead atoms. The number of rotatable bonds is 4. The standard InChI is InChI=1S/C21H17ClF3N5O2S/c22-12-7-9-13(10-8-12)26-17(31)19-29-28-18(33-19)16-6-3-11-30(16)20(32)27-15-5-2-1-4-14(15)21(23,24)25/h1-2,4-5,7-10,16H,3,6,11H2,(H,26,31)(H,27,32)/t16-/m0/s1. The molecule has 2 heterocycles. The van der Waals surface area contributed by atoms with Crippen LogP contribution in [0.4, 0.5) is 29.3 Å². The van der Waals surface area contributed by atoms with Crippen LogP contribution in [0, 0.1) is 0 Å². The number of carbonyl (C=O) groups excluding carboxylic acids is 2. The Balaban J connectivity index is 1.47. The van der Waals surface area contributed by atoms with Crippen LogP contribution in [0.15, 0.2) is 48.5 Å². The molecule has 172 valence electrons. The summed E-state index contributed by atoms with van der Waals surface area (Å²) in [6.45, 7) is 0.344. The second-order valence-electron chi connectivity index (χ2n) is 7.23. The van der Waals surface area contributed by atoms with Gasteiger partial charge in [-0.3, -0.25) is 4.79 Å². The quantitative estimate of drug-likeness (QED) is 0.476. The van der Waals surface area contributed by atoms with Gasteiger partial charge in [0.25, 0.3) is 5.91 Å².